The first-order valence-electron chi connectivity index (χ1n) is 4.94. The van der Waals surface area contributed by atoms with E-state index in [0.29, 0.717) is 6.67 Å². The van der Waals surface area contributed by atoms with Crippen LogP contribution in [0.4, 0.5) is 0 Å². The number of esters is 1. The van der Waals surface area contributed by atoms with Crippen LogP contribution in [0.3, 0.4) is 0 Å². The van der Waals surface area contributed by atoms with E-state index in [1.165, 1.54) is 28.8 Å². The van der Waals surface area contributed by atoms with Crippen molar-refractivity contribution in [1.82, 2.24) is 9.58 Å². The number of carbonyl (C=O) groups is 2. The maximum absolute atomic E-state index is 11.9. The van der Waals surface area contributed by atoms with Gasteiger partial charge in [0.1, 0.15) is 6.67 Å². The molecule has 7 nitrogen and oxygen atoms in total. The summed E-state index contributed by atoms with van der Waals surface area (Å²) in [6.07, 6.45) is 1.43. The van der Waals surface area contributed by atoms with Gasteiger partial charge in [0.25, 0.3) is 5.91 Å². The molecule has 0 bridgehead atoms. The molecular formula is C10H11N3O4. The van der Waals surface area contributed by atoms with Crippen LogP contribution in [-0.2, 0) is 4.79 Å². The van der Waals surface area contributed by atoms with E-state index in [9.17, 15) is 14.4 Å². The van der Waals surface area contributed by atoms with Crippen molar-refractivity contribution in [3.8, 4) is 5.75 Å². The summed E-state index contributed by atoms with van der Waals surface area (Å²) in [5, 5.41) is 0. The van der Waals surface area contributed by atoms with Crippen LogP contribution < -0.4 is 15.6 Å². The third-order valence-corrected chi connectivity index (χ3v) is 2.33. The lowest BCUT2D eigenvalue weighted by Gasteiger charge is -2.28. The molecule has 2 heterocycles. The number of nitrogens with one attached hydrogen (secondary N) is 1. The van der Waals surface area contributed by atoms with Crippen LogP contribution in [0.2, 0.25) is 0 Å². The number of hydrogen-bond acceptors (Lipinski definition) is 5. The number of aromatic nitrogens is 1. The zero-order valence-electron chi connectivity index (χ0n) is 9.39. The van der Waals surface area contributed by atoms with Gasteiger partial charge in [-0.15, -0.1) is 0 Å². The molecule has 1 aliphatic rings. The van der Waals surface area contributed by atoms with Gasteiger partial charge in [0.2, 0.25) is 11.2 Å². The summed E-state index contributed by atoms with van der Waals surface area (Å²) in [7, 11) is 1.58. The molecule has 1 amide bonds. The number of pyridine rings is 1. The zero-order chi connectivity index (χ0) is 12.6. The van der Waals surface area contributed by atoms with Gasteiger partial charge in [-0.1, -0.05) is 0 Å². The average molecular weight is 237 g/mol. The highest BCUT2D eigenvalue weighted by atomic mass is 16.5. The highest BCUT2D eigenvalue weighted by Crippen LogP contribution is 2.17. The third-order valence-electron chi connectivity index (χ3n) is 2.33. The molecule has 1 N–H and O–H groups in total. The Labute approximate surface area is 96.6 Å². The molecule has 0 spiro atoms. The fraction of sp³-hybridized carbons (Fsp3) is 0.300. The Kier molecular flexibility index (Phi) is 2.58. The number of amides is 1. The highest BCUT2D eigenvalue weighted by molar-refractivity contribution is 5.96. The quantitative estimate of drug-likeness (QED) is 0.657. The van der Waals surface area contributed by atoms with Crippen LogP contribution in [0.15, 0.2) is 17.1 Å². The topological polar surface area (TPSA) is 80.6 Å². The molecule has 1 aromatic rings. The van der Waals surface area contributed by atoms with E-state index < -0.39 is 11.4 Å². The molecule has 17 heavy (non-hydrogen) atoms. The van der Waals surface area contributed by atoms with Crippen LogP contribution in [0.25, 0.3) is 0 Å². The lowest BCUT2D eigenvalue weighted by Crippen LogP contribution is -2.44. The van der Waals surface area contributed by atoms with Crippen molar-refractivity contribution < 1.29 is 14.3 Å². The number of carbonyl (C=O) groups excluding carboxylic acids is 2. The normalized spacial score (nSPS) is 14.0. The van der Waals surface area contributed by atoms with Crippen molar-refractivity contribution >= 4 is 11.9 Å². The number of rotatable bonds is 1. The Hall–Kier alpha value is -2.31. The predicted molar refractivity (Wildman–Crippen MR) is 58.3 cm³/mol. The van der Waals surface area contributed by atoms with Gasteiger partial charge in [-0.2, -0.15) is 0 Å². The molecule has 0 aromatic carbocycles. The van der Waals surface area contributed by atoms with Gasteiger partial charge in [0.05, 0.1) is 0 Å². The van der Waals surface area contributed by atoms with Crippen LogP contribution in [0.5, 0.6) is 5.75 Å². The molecule has 2 rings (SSSR count). The van der Waals surface area contributed by atoms with Crippen molar-refractivity contribution in [3.63, 3.8) is 0 Å². The monoisotopic (exact) mass is 237 g/mol. The minimum absolute atomic E-state index is 0.0291. The second kappa shape index (κ2) is 3.93. The molecule has 7 heteroatoms. The van der Waals surface area contributed by atoms with Crippen LogP contribution >= 0.6 is 0 Å². The van der Waals surface area contributed by atoms with Gasteiger partial charge in [0, 0.05) is 26.2 Å². The van der Waals surface area contributed by atoms with E-state index in [4.69, 9.17) is 4.74 Å². The molecule has 0 saturated heterocycles. The van der Waals surface area contributed by atoms with Gasteiger partial charge in [-0.05, 0) is 0 Å². The largest absolute Gasteiger partial charge is 0.420 e. The average Bonchev–Trinajstić information content (AvgIpc) is 2.27. The Balaban J connectivity index is 2.62. The second-order valence-electron chi connectivity index (χ2n) is 3.64. The number of nitrogens with zero attached hydrogens (tertiary/aromatic N) is 2. The summed E-state index contributed by atoms with van der Waals surface area (Å²) in [4.78, 5) is 35.8. The summed E-state index contributed by atoms with van der Waals surface area (Å²) in [5.74, 6) is -1.26. The number of fused-ring (bicyclic) bond motifs is 1. The van der Waals surface area contributed by atoms with E-state index in [0.717, 1.165) is 0 Å². The fourth-order valence-electron chi connectivity index (χ4n) is 1.53. The molecule has 0 aliphatic carbocycles. The van der Waals surface area contributed by atoms with Gasteiger partial charge < -0.3 is 15.1 Å². The smallest absolute Gasteiger partial charge is 0.308 e. The van der Waals surface area contributed by atoms with E-state index in [1.54, 1.807) is 7.05 Å². The standard InChI is InChI=1S/C10H11N3O4/c1-6(14)17-9-7(15)3-4-13-8(9)10(16)12(2)5-11-13/h3-4,11H,5H2,1-2H3. The molecule has 0 fully saturated rings. The van der Waals surface area contributed by atoms with Crippen molar-refractivity contribution in [1.29, 1.82) is 0 Å². The van der Waals surface area contributed by atoms with Crippen LogP contribution in [0.1, 0.15) is 17.4 Å². The molecule has 0 radical (unpaired) electrons. The molecule has 1 aliphatic heterocycles. The van der Waals surface area contributed by atoms with Gasteiger partial charge >= 0.3 is 5.97 Å². The summed E-state index contributed by atoms with van der Waals surface area (Å²) in [6, 6.07) is 1.23. The van der Waals surface area contributed by atoms with E-state index >= 15 is 0 Å². The summed E-state index contributed by atoms with van der Waals surface area (Å²) in [5.41, 5.74) is 2.40. The lowest BCUT2D eigenvalue weighted by atomic mass is 10.2. The van der Waals surface area contributed by atoms with Crippen molar-refractivity contribution in [2.75, 3.05) is 19.1 Å². The van der Waals surface area contributed by atoms with Gasteiger partial charge in [0.15, 0.2) is 5.69 Å². The second-order valence-corrected chi connectivity index (χ2v) is 3.64. The Morgan fingerprint density at radius 3 is 2.82 bits per heavy atom. The molecular weight excluding hydrogens is 226 g/mol. The molecule has 0 saturated carbocycles. The van der Waals surface area contributed by atoms with E-state index in [1.807, 2.05) is 0 Å². The first kappa shape index (κ1) is 11.2. The van der Waals surface area contributed by atoms with Gasteiger partial charge in [-0.25, -0.2) is 0 Å². The van der Waals surface area contributed by atoms with Crippen LogP contribution in [0, 0.1) is 0 Å². The molecule has 90 valence electrons. The first-order valence-corrected chi connectivity index (χ1v) is 4.94. The van der Waals surface area contributed by atoms with E-state index in [-0.39, 0.29) is 17.4 Å². The third kappa shape index (κ3) is 1.86. The minimum Gasteiger partial charge on any atom is -0.420 e. The first-order chi connectivity index (χ1) is 8.00. The summed E-state index contributed by atoms with van der Waals surface area (Å²) >= 11 is 0. The highest BCUT2D eigenvalue weighted by Gasteiger charge is 2.27. The van der Waals surface area contributed by atoms with Gasteiger partial charge in [-0.3, -0.25) is 19.1 Å². The van der Waals surface area contributed by atoms with Crippen LogP contribution in [-0.4, -0.2) is 35.2 Å². The Morgan fingerprint density at radius 1 is 1.47 bits per heavy atom. The van der Waals surface area contributed by atoms with E-state index in [2.05, 4.69) is 5.43 Å². The fourth-order valence-corrected chi connectivity index (χ4v) is 1.53. The van der Waals surface area contributed by atoms with Crippen molar-refractivity contribution in [3.05, 3.63) is 28.2 Å². The summed E-state index contributed by atoms with van der Waals surface area (Å²) in [6.45, 7) is 1.49. The lowest BCUT2D eigenvalue weighted by molar-refractivity contribution is -0.132. The number of hydrogen-bond donors (Lipinski definition) is 1. The van der Waals surface area contributed by atoms with Crippen molar-refractivity contribution in [2.45, 2.75) is 6.92 Å². The Morgan fingerprint density at radius 2 is 2.18 bits per heavy atom. The SMILES string of the molecule is CC(=O)Oc1c2n(ccc1=O)NCN(C)C2=O. The molecule has 0 atom stereocenters. The summed E-state index contributed by atoms with van der Waals surface area (Å²) < 4.78 is 6.18. The minimum atomic E-state index is -0.642. The number of ether oxygens (including phenoxy) is 1. The zero-order valence-corrected chi connectivity index (χ0v) is 9.39. The predicted octanol–water partition coefficient (Wildman–Crippen LogP) is -0.640. The maximum atomic E-state index is 11.9. The maximum Gasteiger partial charge on any atom is 0.308 e. The van der Waals surface area contributed by atoms with Crippen molar-refractivity contribution in [2.24, 2.45) is 0 Å². The molecule has 1 aromatic heterocycles. The Bertz CT molecular complexity index is 549. The molecule has 0 unspecified atom stereocenters.